The molecule has 29 heavy (non-hydrogen) atoms. The van der Waals surface area contributed by atoms with E-state index in [1.165, 1.54) is 0 Å². The fourth-order valence-electron chi connectivity index (χ4n) is 3.09. The van der Waals surface area contributed by atoms with Crippen molar-refractivity contribution in [2.45, 2.75) is 25.6 Å². The van der Waals surface area contributed by atoms with Crippen LogP contribution >= 0.6 is 11.8 Å². The number of benzene rings is 2. The van der Waals surface area contributed by atoms with Gasteiger partial charge in [0, 0.05) is 17.8 Å². The van der Waals surface area contributed by atoms with Gasteiger partial charge in [0.05, 0.1) is 22.0 Å². The van der Waals surface area contributed by atoms with Crippen molar-refractivity contribution in [2.24, 2.45) is 0 Å². The number of nitrogens with zero attached hydrogens (tertiary/aromatic N) is 4. The Balaban J connectivity index is 1.38. The largest absolute Gasteiger partial charge is 0.341 e. The number of imidazole rings is 1. The quantitative estimate of drug-likeness (QED) is 0.478. The predicted molar refractivity (Wildman–Crippen MR) is 117 cm³/mol. The summed E-state index contributed by atoms with van der Waals surface area (Å²) in [5.74, 6) is 1.96. The highest BCUT2D eigenvalue weighted by Crippen LogP contribution is 2.28. The molecule has 1 amide bonds. The molecule has 7 nitrogen and oxygen atoms in total. The molecule has 8 heteroatoms. The first-order chi connectivity index (χ1) is 14.1. The molecule has 0 aliphatic heterocycles. The van der Waals surface area contributed by atoms with Crippen molar-refractivity contribution in [2.75, 3.05) is 11.1 Å². The molecule has 148 valence electrons. The molecular weight excluding hydrogens is 384 g/mol. The van der Waals surface area contributed by atoms with Gasteiger partial charge in [-0.25, -0.2) is 4.98 Å². The third-order valence-corrected chi connectivity index (χ3v) is 5.77. The van der Waals surface area contributed by atoms with Crippen molar-refractivity contribution < 1.29 is 4.79 Å². The molecule has 1 atom stereocenters. The van der Waals surface area contributed by atoms with Crippen LogP contribution in [0.2, 0.25) is 0 Å². The molecule has 2 aromatic heterocycles. The maximum Gasteiger partial charge on any atom is 0.234 e. The highest BCUT2D eigenvalue weighted by atomic mass is 32.2. The molecule has 0 bridgehead atoms. The van der Waals surface area contributed by atoms with Crippen LogP contribution in [0, 0.1) is 0 Å². The molecular formula is C21H22N6OS. The summed E-state index contributed by atoms with van der Waals surface area (Å²) in [6.07, 6.45) is 1.71. The average Bonchev–Trinajstić information content (AvgIpc) is 3.39. The molecule has 2 aromatic carbocycles. The predicted octanol–water partition coefficient (Wildman–Crippen LogP) is 4.27. The topological polar surface area (TPSA) is 88.5 Å². The Morgan fingerprint density at radius 2 is 2.10 bits per heavy atom. The summed E-state index contributed by atoms with van der Waals surface area (Å²) < 4.78 is 1.96. The van der Waals surface area contributed by atoms with Crippen LogP contribution in [0.5, 0.6) is 0 Å². The van der Waals surface area contributed by atoms with Gasteiger partial charge in [0.15, 0.2) is 5.82 Å². The highest BCUT2D eigenvalue weighted by molar-refractivity contribution is 8.00. The summed E-state index contributed by atoms with van der Waals surface area (Å²) in [4.78, 5) is 20.4. The van der Waals surface area contributed by atoms with E-state index in [1.54, 1.807) is 18.1 Å². The standard InChI is InChI=1S/C21H22N6OS/c1-3-27-13-22-26-21(27)15-7-6-8-16(11-15)23-19(28)12-29-14(2)20-24-17-9-4-5-10-18(17)25-20/h4-11,13-14H,3,12H2,1-2H3,(H,23,28)(H,24,25). The van der Waals surface area contributed by atoms with Crippen LogP contribution < -0.4 is 5.32 Å². The zero-order chi connectivity index (χ0) is 20.2. The van der Waals surface area contributed by atoms with Crippen molar-refractivity contribution >= 4 is 34.4 Å². The van der Waals surface area contributed by atoms with Gasteiger partial charge in [-0.3, -0.25) is 4.79 Å². The minimum Gasteiger partial charge on any atom is -0.341 e. The third kappa shape index (κ3) is 4.32. The highest BCUT2D eigenvalue weighted by Gasteiger charge is 2.14. The zero-order valence-electron chi connectivity index (χ0n) is 16.3. The lowest BCUT2D eigenvalue weighted by Gasteiger charge is -2.10. The van der Waals surface area contributed by atoms with Gasteiger partial charge < -0.3 is 14.9 Å². The summed E-state index contributed by atoms with van der Waals surface area (Å²) in [5.41, 5.74) is 3.62. The van der Waals surface area contributed by atoms with E-state index in [-0.39, 0.29) is 11.2 Å². The van der Waals surface area contributed by atoms with E-state index in [0.29, 0.717) is 5.75 Å². The second-order valence-corrected chi connectivity index (χ2v) is 7.99. The Kier molecular flexibility index (Phi) is 5.62. The zero-order valence-corrected chi connectivity index (χ0v) is 17.1. The smallest absolute Gasteiger partial charge is 0.234 e. The summed E-state index contributed by atoms with van der Waals surface area (Å²) >= 11 is 1.55. The Morgan fingerprint density at radius 3 is 2.93 bits per heavy atom. The van der Waals surface area contributed by atoms with E-state index in [2.05, 4.69) is 25.5 Å². The van der Waals surface area contributed by atoms with Gasteiger partial charge in [0.2, 0.25) is 5.91 Å². The number of carbonyl (C=O) groups is 1. The van der Waals surface area contributed by atoms with E-state index < -0.39 is 0 Å². The third-order valence-electron chi connectivity index (χ3n) is 4.62. The molecule has 0 radical (unpaired) electrons. The summed E-state index contributed by atoms with van der Waals surface area (Å²) in [6, 6.07) is 15.6. The number of hydrogen-bond acceptors (Lipinski definition) is 5. The first kappa shape index (κ1) is 19.2. The number of rotatable bonds is 7. The minimum atomic E-state index is -0.0490. The summed E-state index contributed by atoms with van der Waals surface area (Å²) in [7, 11) is 0. The van der Waals surface area contributed by atoms with Crippen LogP contribution in [0.15, 0.2) is 54.9 Å². The molecule has 2 N–H and O–H groups in total. The minimum absolute atomic E-state index is 0.0490. The van der Waals surface area contributed by atoms with Gasteiger partial charge in [-0.2, -0.15) is 0 Å². The van der Waals surface area contributed by atoms with Crippen LogP contribution in [0.4, 0.5) is 5.69 Å². The van der Waals surface area contributed by atoms with Crippen molar-refractivity contribution in [1.82, 2.24) is 24.7 Å². The van der Waals surface area contributed by atoms with Crippen molar-refractivity contribution in [1.29, 1.82) is 0 Å². The lowest BCUT2D eigenvalue weighted by Crippen LogP contribution is -2.15. The second kappa shape index (κ2) is 8.48. The number of hydrogen-bond donors (Lipinski definition) is 2. The molecule has 0 aliphatic carbocycles. The van der Waals surface area contributed by atoms with Gasteiger partial charge in [0.25, 0.3) is 0 Å². The number of para-hydroxylation sites is 2. The molecule has 2 heterocycles. The van der Waals surface area contributed by atoms with Crippen LogP contribution in [-0.4, -0.2) is 36.4 Å². The number of carbonyl (C=O) groups excluding carboxylic acids is 1. The molecule has 0 fully saturated rings. The summed E-state index contributed by atoms with van der Waals surface area (Å²) in [6.45, 7) is 4.88. The Morgan fingerprint density at radius 1 is 1.24 bits per heavy atom. The molecule has 1 unspecified atom stereocenters. The van der Waals surface area contributed by atoms with E-state index in [4.69, 9.17) is 0 Å². The molecule has 0 saturated heterocycles. The number of nitrogens with one attached hydrogen (secondary N) is 2. The number of amides is 1. The van der Waals surface area contributed by atoms with Gasteiger partial charge in [-0.05, 0) is 38.1 Å². The van der Waals surface area contributed by atoms with Crippen molar-refractivity contribution in [3.8, 4) is 11.4 Å². The number of aromatic nitrogens is 5. The number of thioether (sulfide) groups is 1. The monoisotopic (exact) mass is 406 g/mol. The van der Waals surface area contributed by atoms with E-state index in [0.717, 1.165) is 40.5 Å². The fourth-order valence-corrected chi connectivity index (χ4v) is 3.83. The first-order valence-electron chi connectivity index (χ1n) is 9.48. The Labute approximate surface area is 173 Å². The van der Waals surface area contributed by atoms with Crippen LogP contribution in [0.3, 0.4) is 0 Å². The fraction of sp³-hybridized carbons (Fsp3) is 0.238. The Hall–Kier alpha value is -3.13. The summed E-state index contributed by atoms with van der Waals surface area (Å²) in [5, 5.41) is 11.2. The lowest BCUT2D eigenvalue weighted by molar-refractivity contribution is -0.113. The van der Waals surface area contributed by atoms with Crippen LogP contribution in [-0.2, 0) is 11.3 Å². The van der Waals surface area contributed by atoms with Crippen LogP contribution in [0.1, 0.15) is 24.9 Å². The van der Waals surface area contributed by atoms with E-state index in [1.807, 2.05) is 66.9 Å². The second-order valence-electron chi connectivity index (χ2n) is 6.66. The number of anilines is 1. The van der Waals surface area contributed by atoms with Gasteiger partial charge >= 0.3 is 0 Å². The van der Waals surface area contributed by atoms with Gasteiger partial charge in [-0.1, -0.05) is 24.3 Å². The Bertz CT molecular complexity index is 1100. The first-order valence-corrected chi connectivity index (χ1v) is 10.5. The molecule has 0 saturated carbocycles. The molecule has 4 rings (SSSR count). The molecule has 0 spiro atoms. The molecule has 0 aliphatic rings. The molecule has 4 aromatic rings. The van der Waals surface area contributed by atoms with Crippen molar-refractivity contribution in [3.05, 3.63) is 60.7 Å². The normalized spacial score (nSPS) is 12.2. The number of aryl methyl sites for hydroxylation is 1. The van der Waals surface area contributed by atoms with Crippen LogP contribution in [0.25, 0.3) is 22.4 Å². The van der Waals surface area contributed by atoms with Gasteiger partial charge in [-0.15, -0.1) is 22.0 Å². The maximum atomic E-state index is 12.4. The number of H-pyrrole nitrogens is 1. The maximum absolute atomic E-state index is 12.4. The van der Waals surface area contributed by atoms with Crippen molar-refractivity contribution in [3.63, 3.8) is 0 Å². The van der Waals surface area contributed by atoms with Gasteiger partial charge in [0.1, 0.15) is 12.2 Å². The lowest BCUT2D eigenvalue weighted by atomic mass is 10.2. The SMILES string of the molecule is CCn1cnnc1-c1cccc(NC(=O)CSC(C)c2nc3ccccc3[nH]2)c1. The number of aromatic amines is 1. The average molecular weight is 407 g/mol. The number of fused-ring (bicyclic) bond motifs is 1. The van der Waals surface area contributed by atoms with E-state index in [9.17, 15) is 4.79 Å². The van der Waals surface area contributed by atoms with E-state index >= 15 is 0 Å².